The van der Waals surface area contributed by atoms with Gasteiger partial charge in [0, 0.05) is 12.8 Å². The summed E-state index contributed by atoms with van der Waals surface area (Å²) in [5.41, 5.74) is 0. The third-order valence-corrected chi connectivity index (χ3v) is 11.6. The number of phosphoric acid groups is 2. The molecule has 384 valence electrons. The Morgan fingerprint density at radius 1 is 0.567 bits per heavy atom. The van der Waals surface area contributed by atoms with Crippen molar-refractivity contribution in [3.63, 3.8) is 0 Å². The van der Waals surface area contributed by atoms with Crippen LogP contribution in [0.3, 0.4) is 0 Å². The van der Waals surface area contributed by atoms with Crippen LogP contribution in [0.15, 0.2) is 85.1 Å². The van der Waals surface area contributed by atoms with Crippen molar-refractivity contribution in [3.05, 3.63) is 85.1 Å². The van der Waals surface area contributed by atoms with E-state index in [-0.39, 0.29) is 12.8 Å². The van der Waals surface area contributed by atoms with Crippen LogP contribution in [0.5, 0.6) is 0 Å². The van der Waals surface area contributed by atoms with E-state index in [1.54, 1.807) is 42.5 Å². The van der Waals surface area contributed by atoms with Gasteiger partial charge in [-0.3, -0.25) is 23.2 Å². The monoisotopic (exact) mass is 992 g/mol. The Bertz CT molecular complexity index is 1660. The van der Waals surface area contributed by atoms with Crippen molar-refractivity contribution in [2.45, 2.75) is 184 Å². The molecule has 0 amide bonds. The maximum absolute atomic E-state index is 13.0. The fourth-order valence-corrected chi connectivity index (χ4v) is 7.99. The molecule has 10 atom stereocenters. The zero-order valence-electron chi connectivity index (χ0n) is 39.0. The summed E-state index contributed by atoms with van der Waals surface area (Å²) in [5.74, 6) is -1.39. The molecule has 0 aromatic rings. The second-order valence-corrected chi connectivity index (χ2v) is 18.7. The number of hydrogen-bond acceptors (Lipinski definition) is 15. The molecule has 9 N–H and O–H groups in total. The van der Waals surface area contributed by atoms with Crippen molar-refractivity contribution in [1.82, 2.24) is 0 Å². The molecule has 67 heavy (non-hydrogen) atoms. The Hall–Kier alpha value is -2.90. The van der Waals surface area contributed by atoms with Crippen molar-refractivity contribution in [1.29, 1.82) is 0 Å². The van der Waals surface area contributed by atoms with E-state index in [0.29, 0.717) is 32.1 Å². The number of aliphatic hydroxyl groups excluding tert-OH is 6. The molecule has 0 radical (unpaired) electrons. The van der Waals surface area contributed by atoms with Gasteiger partial charge in [-0.2, -0.15) is 0 Å². The van der Waals surface area contributed by atoms with E-state index in [1.807, 2.05) is 37.3 Å². The number of aliphatic hydroxyl groups is 6. The minimum atomic E-state index is -5.39. The van der Waals surface area contributed by atoms with Crippen LogP contribution in [-0.4, -0.2) is 125 Å². The van der Waals surface area contributed by atoms with Gasteiger partial charge in [0.15, 0.2) is 6.10 Å². The summed E-state index contributed by atoms with van der Waals surface area (Å²) < 4.78 is 49.2. The predicted octanol–water partition coefficient (Wildman–Crippen LogP) is 6.56. The molecule has 1 fully saturated rings. The molecule has 0 aromatic heterocycles. The average Bonchev–Trinajstić information content (AvgIpc) is 3.27. The summed E-state index contributed by atoms with van der Waals surface area (Å²) in [4.78, 5) is 54.2. The number of hydrogen-bond donors (Lipinski definition) is 9. The first-order valence-electron chi connectivity index (χ1n) is 23.3. The van der Waals surface area contributed by atoms with Crippen molar-refractivity contribution in [3.8, 4) is 0 Å². The lowest BCUT2D eigenvalue weighted by Gasteiger charge is -2.43. The number of carbonyl (C=O) groups is 2. The molecular weight excluding hydrogens is 914 g/mol. The van der Waals surface area contributed by atoms with Crippen molar-refractivity contribution < 1.29 is 87.1 Å². The van der Waals surface area contributed by atoms with Crippen molar-refractivity contribution in [2.24, 2.45) is 0 Å². The average molecular weight is 993 g/mol. The number of rotatable bonds is 37. The molecule has 0 aromatic carbocycles. The number of unbranched alkanes of at least 4 members (excludes halogenated alkanes) is 9. The SMILES string of the molecule is CC/C=C\C[C@@H](O)/C=C/C=C\C=C\[C@@H](O)C/C=C\C/C=C\CCC(=O)OC[C@H](COP(=O)(O)O[C@H]1C(O)C(O)C(O)[C@@H](OP(=O)(O)O)C1O)OC(=O)CCCCCCC/C=C\CCCCCC. The first-order valence-corrected chi connectivity index (χ1v) is 26.4. The lowest BCUT2D eigenvalue weighted by molar-refractivity contribution is -0.216. The Kier molecular flexibility index (Phi) is 34.3. The Morgan fingerprint density at radius 2 is 1.10 bits per heavy atom. The molecule has 1 aliphatic carbocycles. The first-order chi connectivity index (χ1) is 31.9. The molecule has 0 spiro atoms. The third kappa shape index (κ3) is 31.8. The first kappa shape index (κ1) is 62.1. The summed E-state index contributed by atoms with van der Waals surface area (Å²) in [5, 5.41) is 61.2. The van der Waals surface area contributed by atoms with E-state index in [4.69, 9.17) is 28.3 Å². The molecule has 1 saturated carbocycles. The number of ether oxygens (including phenoxy) is 2. The topological polar surface area (TPSA) is 296 Å². The summed E-state index contributed by atoms with van der Waals surface area (Å²) in [6.07, 6.45) is 23.3. The summed E-state index contributed by atoms with van der Waals surface area (Å²) in [6, 6.07) is 0. The zero-order chi connectivity index (χ0) is 49.9. The van der Waals surface area contributed by atoms with Crippen LogP contribution in [0.4, 0.5) is 0 Å². The van der Waals surface area contributed by atoms with Gasteiger partial charge in [-0.05, 0) is 64.2 Å². The minimum Gasteiger partial charge on any atom is -0.462 e. The molecule has 18 nitrogen and oxygen atoms in total. The van der Waals surface area contributed by atoms with E-state index in [0.717, 1.165) is 44.9 Å². The molecule has 0 heterocycles. The number of carbonyl (C=O) groups excluding carboxylic acids is 2. The van der Waals surface area contributed by atoms with E-state index in [2.05, 4.69) is 23.6 Å². The Morgan fingerprint density at radius 3 is 1.70 bits per heavy atom. The second-order valence-electron chi connectivity index (χ2n) is 16.1. The van der Waals surface area contributed by atoms with Gasteiger partial charge in [0.2, 0.25) is 0 Å². The second kappa shape index (κ2) is 37.0. The molecule has 1 aliphatic rings. The van der Waals surface area contributed by atoms with Crippen LogP contribution in [0, 0.1) is 0 Å². The number of esters is 2. The van der Waals surface area contributed by atoms with Gasteiger partial charge >= 0.3 is 27.6 Å². The minimum absolute atomic E-state index is 0.00859. The molecule has 1 rings (SSSR count). The third-order valence-electron chi connectivity index (χ3n) is 10.1. The van der Waals surface area contributed by atoms with Gasteiger partial charge in [0.1, 0.15) is 43.2 Å². The van der Waals surface area contributed by atoms with Gasteiger partial charge in [-0.15, -0.1) is 0 Å². The molecule has 0 saturated heterocycles. The number of phosphoric ester groups is 2. The smallest absolute Gasteiger partial charge is 0.462 e. The fourth-order valence-electron chi connectivity index (χ4n) is 6.46. The summed E-state index contributed by atoms with van der Waals surface area (Å²) >= 11 is 0. The molecule has 0 bridgehead atoms. The molecule has 20 heteroatoms. The van der Waals surface area contributed by atoms with Gasteiger partial charge in [0.25, 0.3) is 0 Å². The largest absolute Gasteiger partial charge is 0.472 e. The highest BCUT2D eigenvalue weighted by Crippen LogP contribution is 2.49. The van der Waals surface area contributed by atoms with Crippen LogP contribution < -0.4 is 0 Å². The van der Waals surface area contributed by atoms with Gasteiger partial charge in [-0.25, -0.2) is 9.13 Å². The van der Waals surface area contributed by atoms with Crippen LogP contribution in [0.1, 0.15) is 129 Å². The van der Waals surface area contributed by atoms with Gasteiger partial charge < -0.3 is 54.8 Å². The lowest BCUT2D eigenvalue weighted by Crippen LogP contribution is -2.64. The van der Waals surface area contributed by atoms with E-state index >= 15 is 0 Å². The van der Waals surface area contributed by atoms with Crippen molar-refractivity contribution in [2.75, 3.05) is 13.2 Å². The summed E-state index contributed by atoms with van der Waals surface area (Å²) in [6.45, 7) is 2.73. The highest BCUT2D eigenvalue weighted by molar-refractivity contribution is 7.47. The van der Waals surface area contributed by atoms with Crippen LogP contribution >= 0.6 is 15.6 Å². The van der Waals surface area contributed by atoms with Gasteiger partial charge in [0.05, 0.1) is 18.8 Å². The van der Waals surface area contributed by atoms with E-state index in [1.165, 1.54) is 25.7 Å². The van der Waals surface area contributed by atoms with Gasteiger partial charge in [-0.1, -0.05) is 137 Å². The predicted molar refractivity (Wildman–Crippen MR) is 253 cm³/mol. The van der Waals surface area contributed by atoms with Crippen LogP contribution in [0.25, 0.3) is 0 Å². The number of allylic oxidation sites excluding steroid dienone is 10. The molecular formula is C47H78O18P2. The highest BCUT2D eigenvalue weighted by atomic mass is 31.2. The zero-order valence-corrected chi connectivity index (χ0v) is 40.8. The summed E-state index contributed by atoms with van der Waals surface area (Å²) in [7, 11) is -10.7. The quantitative estimate of drug-likeness (QED) is 0.0105. The molecule has 5 unspecified atom stereocenters. The standard InChI is InChI=1S/C47H78O18P2/c1-3-5-7-8-9-10-11-12-13-14-15-20-28-34-41(51)63-39(36-62-67(59,60)65-47-44(54)42(52)43(53)46(45(47)55)64-66(56,57)58)35-61-40(50)33-27-19-17-16-18-24-30-38(49)32-26-22-21-25-31-37(48)29-23-6-4-2/h6,10-11,17-19,21-26,31-32,37-39,42-49,52-55H,3-5,7-9,12-16,20,27-30,33-36H2,1-2H3,(H,59,60)(H2,56,57,58)/b11-10-,19-17-,22-21-,23-6-,24-18-,31-25+,32-26+/t37-,38+,39-,42?,43?,44?,45?,46-,47+/m1/s1. The van der Waals surface area contributed by atoms with Crippen LogP contribution in [0.2, 0.25) is 0 Å². The van der Waals surface area contributed by atoms with E-state index < -0.39 is 95.7 Å². The fraction of sp³-hybridized carbons (Fsp3) is 0.660. The molecule has 0 aliphatic heterocycles. The maximum atomic E-state index is 13.0. The Balaban J connectivity index is 2.70. The van der Waals surface area contributed by atoms with Crippen LogP contribution in [-0.2, 0) is 41.8 Å². The maximum Gasteiger partial charge on any atom is 0.472 e. The normalized spacial score (nSPS) is 23.1. The van der Waals surface area contributed by atoms with Crippen molar-refractivity contribution >= 4 is 27.6 Å². The lowest BCUT2D eigenvalue weighted by atomic mass is 9.85. The highest BCUT2D eigenvalue weighted by Gasteiger charge is 2.54. The Labute approximate surface area is 396 Å². The van der Waals surface area contributed by atoms with E-state index in [9.17, 15) is 54.3 Å².